The molecule has 1 fully saturated rings. The second-order valence-corrected chi connectivity index (χ2v) is 5.56. The van der Waals surface area contributed by atoms with Gasteiger partial charge >= 0.3 is 0 Å². The number of ether oxygens (including phenoxy) is 1. The zero-order chi connectivity index (χ0) is 13.7. The highest BCUT2D eigenvalue weighted by atomic mass is 32.2. The molecule has 0 aromatic heterocycles. The van der Waals surface area contributed by atoms with E-state index < -0.39 is 17.3 Å². The van der Waals surface area contributed by atoms with Crippen LogP contribution < -0.4 is 0 Å². The third-order valence-electron chi connectivity index (χ3n) is 2.75. The van der Waals surface area contributed by atoms with Crippen LogP contribution in [0.5, 0.6) is 0 Å². The van der Waals surface area contributed by atoms with Crippen LogP contribution in [0.2, 0.25) is 0 Å². The number of hydrogen-bond acceptors (Lipinski definition) is 4. The van der Waals surface area contributed by atoms with Gasteiger partial charge < -0.3 is 9.29 Å². The fourth-order valence-corrected chi connectivity index (χ4v) is 2.92. The number of rotatable bonds is 5. The first-order chi connectivity index (χ1) is 9.18. The van der Waals surface area contributed by atoms with E-state index in [1.165, 1.54) is 0 Å². The van der Waals surface area contributed by atoms with E-state index in [0.717, 1.165) is 9.87 Å². The van der Waals surface area contributed by atoms with Crippen molar-refractivity contribution in [1.29, 1.82) is 0 Å². The molecule has 6 heteroatoms. The molecule has 1 aliphatic rings. The summed E-state index contributed by atoms with van der Waals surface area (Å²) < 4.78 is 17.5. The lowest BCUT2D eigenvalue weighted by molar-refractivity contribution is -0.140. The standard InChI is InChI=1S/C13H15NO4S/c15-12-7-9-19(17)14(12)13(16)10-18-8-6-11-4-2-1-3-5-11/h1-5H,6-10H2. The summed E-state index contributed by atoms with van der Waals surface area (Å²) in [5, 5.41) is 0. The molecule has 0 radical (unpaired) electrons. The molecule has 1 aromatic rings. The Labute approximate surface area is 114 Å². The van der Waals surface area contributed by atoms with Crippen molar-refractivity contribution in [3.8, 4) is 0 Å². The predicted octanol–water partition coefficient (Wildman–Crippen LogP) is 0.668. The van der Waals surface area contributed by atoms with Crippen LogP contribution in [0.4, 0.5) is 0 Å². The van der Waals surface area contributed by atoms with Gasteiger partial charge in [0.2, 0.25) is 0 Å². The first-order valence-corrected chi connectivity index (χ1v) is 7.32. The minimum absolute atomic E-state index is 0.169. The molecule has 102 valence electrons. The van der Waals surface area contributed by atoms with E-state index in [-0.39, 0.29) is 24.7 Å². The van der Waals surface area contributed by atoms with Crippen LogP contribution in [0.15, 0.2) is 30.3 Å². The second-order valence-electron chi connectivity index (χ2n) is 4.15. The molecule has 0 bridgehead atoms. The molecule has 0 spiro atoms. The van der Waals surface area contributed by atoms with Crippen LogP contribution in [0.1, 0.15) is 12.0 Å². The van der Waals surface area contributed by atoms with E-state index in [0.29, 0.717) is 13.0 Å². The molecule has 2 amide bonds. The topological polar surface area (TPSA) is 69.7 Å². The maximum atomic E-state index is 11.7. The fourth-order valence-electron chi connectivity index (χ4n) is 1.79. The van der Waals surface area contributed by atoms with Gasteiger partial charge in [0.05, 0.1) is 24.4 Å². The number of amides is 2. The minimum atomic E-state index is -1.51. The quantitative estimate of drug-likeness (QED) is 0.587. The number of benzene rings is 1. The molecule has 19 heavy (non-hydrogen) atoms. The zero-order valence-electron chi connectivity index (χ0n) is 10.4. The molecular weight excluding hydrogens is 266 g/mol. The first-order valence-electron chi connectivity index (χ1n) is 6.04. The van der Waals surface area contributed by atoms with Gasteiger partial charge in [-0.05, 0) is 12.0 Å². The summed E-state index contributed by atoms with van der Waals surface area (Å²) >= 11 is -1.51. The zero-order valence-corrected chi connectivity index (χ0v) is 11.2. The van der Waals surface area contributed by atoms with Crippen molar-refractivity contribution in [2.24, 2.45) is 0 Å². The molecule has 0 aliphatic carbocycles. The van der Waals surface area contributed by atoms with Gasteiger partial charge in [0.1, 0.15) is 12.4 Å². The maximum Gasteiger partial charge on any atom is 0.298 e. The van der Waals surface area contributed by atoms with Crippen molar-refractivity contribution in [3.63, 3.8) is 0 Å². The third kappa shape index (κ3) is 3.79. The largest absolute Gasteiger partial charge is 0.592 e. The van der Waals surface area contributed by atoms with E-state index in [4.69, 9.17) is 4.74 Å². The Hall–Kier alpha value is -1.37. The summed E-state index contributed by atoms with van der Waals surface area (Å²) in [5.41, 5.74) is 1.12. The highest BCUT2D eigenvalue weighted by Gasteiger charge is 2.39. The molecule has 0 saturated carbocycles. The Kier molecular flexibility index (Phi) is 4.95. The molecule has 1 aliphatic heterocycles. The lowest BCUT2D eigenvalue weighted by Crippen LogP contribution is -2.38. The van der Waals surface area contributed by atoms with Gasteiger partial charge in [0.25, 0.3) is 11.8 Å². The number of nitrogens with zero attached hydrogens (tertiary/aromatic N) is 1. The van der Waals surface area contributed by atoms with Gasteiger partial charge in [-0.1, -0.05) is 34.6 Å². The van der Waals surface area contributed by atoms with Crippen molar-refractivity contribution < 1.29 is 18.9 Å². The number of carbonyl (C=O) groups is 2. The van der Waals surface area contributed by atoms with Gasteiger partial charge in [0, 0.05) is 0 Å². The molecule has 2 rings (SSSR count). The summed E-state index contributed by atoms with van der Waals surface area (Å²) in [6.45, 7) is 0.189. The number of carbonyl (C=O) groups excluding carboxylic acids is 2. The molecule has 1 unspecified atom stereocenters. The smallest absolute Gasteiger partial charge is 0.298 e. The van der Waals surface area contributed by atoms with E-state index in [9.17, 15) is 14.1 Å². The van der Waals surface area contributed by atoms with E-state index in [1.54, 1.807) is 0 Å². The molecule has 5 nitrogen and oxygen atoms in total. The van der Waals surface area contributed by atoms with Gasteiger partial charge in [-0.25, -0.2) is 0 Å². The summed E-state index contributed by atoms with van der Waals surface area (Å²) in [6, 6.07) is 9.76. The van der Waals surface area contributed by atoms with Crippen molar-refractivity contribution >= 4 is 23.2 Å². The normalized spacial score (nSPS) is 18.9. The van der Waals surface area contributed by atoms with Crippen LogP contribution >= 0.6 is 0 Å². The van der Waals surface area contributed by atoms with E-state index in [1.807, 2.05) is 30.3 Å². The molecular formula is C13H15NO4S. The van der Waals surface area contributed by atoms with Gasteiger partial charge in [0.15, 0.2) is 0 Å². The lowest BCUT2D eigenvalue weighted by atomic mass is 10.2. The maximum absolute atomic E-state index is 11.7. The average molecular weight is 281 g/mol. The van der Waals surface area contributed by atoms with Crippen molar-refractivity contribution in [1.82, 2.24) is 4.31 Å². The molecule has 0 N–H and O–H groups in total. The molecule has 1 aromatic carbocycles. The molecule has 1 saturated heterocycles. The van der Waals surface area contributed by atoms with E-state index >= 15 is 0 Å². The van der Waals surface area contributed by atoms with Crippen molar-refractivity contribution in [2.75, 3.05) is 19.0 Å². The van der Waals surface area contributed by atoms with Crippen LogP contribution in [0.3, 0.4) is 0 Å². The summed E-state index contributed by atoms with van der Waals surface area (Å²) in [7, 11) is 0. The summed E-state index contributed by atoms with van der Waals surface area (Å²) in [4.78, 5) is 23.0. The Morgan fingerprint density at radius 2 is 2.11 bits per heavy atom. The SMILES string of the molecule is O=C1CC[S+]([O-])N1C(=O)COCCc1ccccc1. The van der Waals surface area contributed by atoms with Crippen LogP contribution in [0.25, 0.3) is 0 Å². The monoisotopic (exact) mass is 281 g/mol. The highest BCUT2D eigenvalue weighted by molar-refractivity contribution is 7.90. The van der Waals surface area contributed by atoms with Crippen LogP contribution in [-0.4, -0.2) is 39.6 Å². The minimum Gasteiger partial charge on any atom is -0.592 e. The van der Waals surface area contributed by atoms with E-state index in [2.05, 4.69) is 0 Å². The predicted molar refractivity (Wildman–Crippen MR) is 70.4 cm³/mol. The fraction of sp³-hybridized carbons (Fsp3) is 0.385. The van der Waals surface area contributed by atoms with Crippen molar-refractivity contribution in [2.45, 2.75) is 12.8 Å². The second kappa shape index (κ2) is 6.70. The van der Waals surface area contributed by atoms with Crippen molar-refractivity contribution in [3.05, 3.63) is 35.9 Å². The molecule has 1 atom stereocenters. The van der Waals surface area contributed by atoms with Gasteiger partial charge in [-0.15, -0.1) is 0 Å². The van der Waals surface area contributed by atoms with Gasteiger partial charge in [-0.3, -0.25) is 9.59 Å². The van der Waals surface area contributed by atoms with Crippen LogP contribution in [0, 0.1) is 0 Å². The lowest BCUT2D eigenvalue weighted by Gasteiger charge is -2.14. The third-order valence-corrected chi connectivity index (χ3v) is 4.12. The number of imide groups is 1. The Morgan fingerprint density at radius 1 is 1.37 bits per heavy atom. The van der Waals surface area contributed by atoms with Crippen LogP contribution in [-0.2, 0) is 32.1 Å². The summed E-state index contributed by atoms with van der Waals surface area (Å²) in [5.74, 6) is -0.668. The number of hydrogen-bond donors (Lipinski definition) is 0. The first kappa shape index (κ1) is 14.0. The summed E-state index contributed by atoms with van der Waals surface area (Å²) in [6.07, 6.45) is 0.869. The highest BCUT2D eigenvalue weighted by Crippen LogP contribution is 2.15. The Balaban J connectivity index is 1.71. The van der Waals surface area contributed by atoms with Gasteiger partial charge in [-0.2, -0.15) is 0 Å². The average Bonchev–Trinajstić information content (AvgIpc) is 2.75. The Bertz CT molecular complexity index is 451. The Morgan fingerprint density at radius 3 is 2.74 bits per heavy atom. The molecule has 1 heterocycles.